The molecule has 15 heavy (non-hydrogen) atoms. The van der Waals surface area contributed by atoms with Gasteiger partial charge in [-0.05, 0) is 31.1 Å². The summed E-state index contributed by atoms with van der Waals surface area (Å²) in [6, 6.07) is -0.0961. The normalized spacial score (nSPS) is 14.7. The quantitative estimate of drug-likeness (QED) is 0.682. The lowest BCUT2D eigenvalue weighted by Crippen LogP contribution is -2.46. The lowest BCUT2D eigenvalue weighted by molar-refractivity contribution is -0.122. The van der Waals surface area contributed by atoms with E-state index in [9.17, 15) is 4.79 Å². The van der Waals surface area contributed by atoms with Crippen LogP contribution in [0.15, 0.2) is 0 Å². The molecule has 0 fully saturated rings. The highest BCUT2D eigenvalue weighted by Crippen LogP contribution is 2.03. The van der Waals surface area contributed by atoms with Crippen molar-refractivity contribution in [2.24, 2.45) is 5.73 Å². The number of nitrogens with one attached hydrogen (secondary N) is 1. The fourth-order valence-corrected chi connectivity index (χ4v) is 2.36. The van der Waals surface area contributed by atoms with Crippen molar-refractivity contribution in [3.05, 3.63) is 0 Å². The molecule has 0 saturated heterocycles. The van der Waals surface area contributed by atoms with E-state index in [0.717, 1.165) is 24.3 Å². The molecule has 0 aromatic rings. The average Bonchev–Trinajstić information content (AvgIpc) is 2.24. The van der Waals surface area contributed by atoms with Crippen LogP contribution in [0.5, 0.6) is 0 Å². The van der Waals surface area contributed by atoms with Crippen molar-refractivity contribution in [1.82, 2.24) is 5.32 Å². The van der Waals surface area contributed by atoms with Crippen LogP contribution in [-0.4, -0.2) is 42.0 Å². The van der Waals surface area contributed by atoms with Crippen LogP contribution in [0.2, 0.25) is 0 Å². The zero-order valence-electron chi connectivity index (χ0n) is 9.79. The van der Waals surface area contributed by atoms with Crippen LogP contribution >= 0.6 is 23.5 Å². The Morgan fingerprint density at radius 1 is 1.40 bits per heavy atom. The van der Waals surface area contributed by atoms with Gasteiger partial charge in [-0.1, -0.05) is 6.92 Å². The van der Waals surface area contributed by atoms with E-state index in [0.29, 0.717) is 0 Å². The van der Waals surface area contributed by atoms with E-state index >= 15 is 0 Å². The van der Waals surface area contributed by atoms with Gasteiger partial charge < -0.3 is 11.1 Å². The summed E-state index contributed by atoms with van der Waals surface area (Å²) in [6.07, 6.45) is 5.78. The molecule has 0 aliphatic heterocycles. The number of hydrogen-bond donors (Lipinski definition) is 2. The van der Waals surface area contributed by atoms with E-state index in [1.807, 2.05) is 12.5 Å². The highest BCUT2D eigenvalue weighted by molar-refractivity contribution is 7.98. The highest BCUT2D eigenvalue weighted by atomic mass is 32.2. The SMILES string of the molecule is CCC(CSC)NC(=O)[C@H](N)CCSC. The van der Waals surface area contributed by atoms with Crippen molar-refractivity contribution in [2.75, 3.05) is 24.0 Å². The van der Waals surface area contributed by atoms with Gasteiger partial charge in [0.2, 0.25) is 5.91 Å². The van der Waals surface area contributed by atoms with Crippen LogP contribution in [0.1, 0.15) is 19.8 Å². The number of hydrogen-bond acceptors (Lipinski definition) is 4. The van der Waals surface area contributed by atoms with Crippen LogP contribution < -0.4 is 11.1 Å². The third-order valence-electron chi connectivity index (χ3n) is 2.18. The number of rotatable bonds is 8. The summed E-state index contributed by atoms with van der Waals surface area (Å²) >= 11 is 3.46. The fraction of sp³-hybridized carbons (Fsp3) is 0.900. The van der Waals surface area contributed by atoms with Crippen molar-refractivity contribution in [1.29, 1.82) is 0 Å². The summed E-state index contributed by atoms with van der Waals surface area (Å²) in [7, 11) is 0. The molecule has 0 aliphatic carbocycles. The van der Waals surface area contributed by atoms with Crippen LogP contribution in [0.25, 0.3) is 0 Å². The Hall–Kier alpha value is 0.130. The molecule has 0 aromatic heterocycles. The summed E-state index contributed by atoms with van der Waals surface area (Å²) in [5.74, 6) is 1.88. The number of carbonyl (C=O) groups is 1. The maximum atomic E-state index is 11.6. The van der Waals surface area contributed by atoms with E-state index < -0.39 is 0 Å². The largest absolute Gasteiger partial charge is 0.351 e. The van der Waals surface area contributed by atoms with E-state index in [4.69, 9.17) is 5.73 Å². The maximum Gasteiger partial charge on any atom is 0.237 e. The third-order valence-corrected chi connectivity index (χ3v) is 3.56. The van der Waals surface area contributed by atoms with Gasteiger partial charge >= 0.3 is 0 Å². The van der Waals surface area contributed by atoms with Gasteiger partial charge in [0.05, 0.1) is 6.04 Å². The Labute approximate surface area is 101 Å². The van der Waals surface area contributed by atoms with Crippen LogP contribution in [0.4, 0.5) is 0 Å². The number of carbonyl (C=O) groups excluding carboxylic acids is 1. The third kappa shape index (κ3) is 7.09. The number of amides is 1. The molecule has 1 amide bonds. The Balaban J connectivity index is 3.87. The molecule has 0 aromatic carbocycles. The van der Waals surface area contributed by atoms with Gasteiger partial charge in [0.25, 0.3) is 0 Å². The molecule has 0 bridgehead atoms. The minimum Gasteiger partial charge on any atom is -0.351 e. The minimum atomic E-state index is -0.353. The molecule has 3 N–H and O–H groups in total. The Morgan fingerprint density at radius 2 is 2.07 bits per heavy atom. The molecule has 0 spiro atoms. The summed E-state index contributed by atoms with van der Waals surface area (Å²) in [5.41, 5.74) is 5.77. The summed E-state index contributed by atoms with van der Waals surface area (Å²) < 4.78 is 0. The standard InChI is InChI=1S/C10H22N2OS2/c1-4-8(7-15-3)12-10(13)9(11)5-6-14-2/h8-9H,4-7,11H2,1-3H3,(H,12,13)/t8?,9-/m1/s1. The van der Waals surface area contributed by atoms with E-state index in [2.05, 4.69) is 12.2 Å². The van der Waals surface area contributed by atoms with Gasteiger partial charge in [0, 0.05) is 11.8 Å². The van der Waals surface area contributed by atoms with Crippen molar-refractivity contribution < 1.29 is 4.79 Å². The molecule has 0 aliphatic rings. The predicted octanol–water partition coefficient (Wildman–Crippen LogP) is 1.32. The molecular formula is C10H22N2OS2. The topological polar surface area (TPSA) is 55.1 Å². The van der Waals surface area contributed by atoms with Crippen molar-refractivity contribution in [3.63, 3.8) is 0 Å². The zero-order chi connectivity index (χ0) is 11.7. The fourth-order valence-electron chi connectivity index (χ4n) is 1.15. The zero-order valence-corrected chi connectivity index (χ0v) is 11.4. The second-order valence-electron chi connectivity index (χ2n) is 3.46. The summed E-state index contributed by atoms with van der Waals surface area (Å²) in [4.78, 5) is 11.6. The summed E-state index contributed by atoms with van der Waals surface area (Å²) in [6.45, 7) is 2.08. The minimum absolute atomic E-state index is 0.00931. The lowest BCUT2D eigenvalue weighted by atomic mass is 10.2. The Kier molecular flexibility index (Phi) is 9.44. The van der Waals surface area contributed by atoms with Crippen molar-refractivity contribution >= 4 is 29.4 Å². The van der Waals surface area contributed by atoms with Gasteiger partial charge in [-0.15, -0.1) is 0 Å². The second-order valence-corrected chi connectivity index (χ2v) is 5.35. The molecule has 3 nitrogen and oxygen atoms in total. The molecule has 0 saturated carbocycles. The first kappa shape index (κ1) is 15.1. The van der Waals surface area contributed by atoms with Crippen molar-refractivity contribution in [3.8, 4) is 0 Å². The first-order valence-corrected chi connectivity index (χ1v) is 7.98. The average molecular weight is 250 g/mol. The first-order valence-electron chi connectivity index (χ1n) is 5.19. The second kappa shape index (κ2) is 9.36. The first-order chi connectivity index (χ1) is 7.15. The Bertz CT molecular complexity index is 179. The Morgan fingerprint density at radius 3 is 2.53 bits per heavy atom. The van der Waals surface area contributed by atoms with Crippen molar-refractivity contribution in [2.45, 2.75) is 31.8 Å². The predicted molar refractivity (Wildman–Crippen MR) is 71.6 cm³/mol. The molecule has 0 rings (SSSR count). The van der Waals surface area contributed by atoms with Crippen LogP contribution in [0, 0.1) is 0 Å². The number of thioether (sulfide) groups is 2. The molecule has 90 valence electrons. The van der Waals surface area contributed by atoms with Gasteiger partial charge in [-0.25, -0.2) is 0 Å². The molecule has 2 atom stereocenters. The van der Waals surface area contributed by atoms with Crippen LogP contribution in [0.3, 0.4) is 0 Å². The highest BCUT2D eigenvalue weighted by Gasteiger charge is 2.16. The monoisotopic (exact) mass is 250 g/mol. The van der Waals surface area contributed by atoms with E-state index in [1.165, 1.54) is 0 Å². The van der Waals surface area contributed by atoms with E-state index in [1.54, 1.807) is 23.5 Å². The van der Waals surface area contributed by atoms with Gasteiger partial charge in [0.15, 0.2) is 0 Å². The lowest BCUT2D eigenvalue weighted by Gasteiger charge is -2.18. The van der Waals surface area contributed by atoms with Gasteiger partial charge in [0.1, 0.15) is 0 Å². The van der Waals surface area contributed by atoms with E-state index in [-0.39, 0.29) is 18.0 Å². The molecular weight excluding hydrogens is 228 g/mol. The smallest absolute Gasteiger partial charge is 0.237 e. The molecule has 0 heterocycles. The number of nitrogens with two attached hydrogens (primary N) is 1. The maximum absolute atomic E-state index is 11.6. The van der Waals surface area contributed by atoms with Gasteiger partial charge in [-0.2, -0.15) is 23.5 Å². The molecule has 5 heteroatoms. The van der Waals surface area contributed by atoms with Crippen LogP contribution in [-0.2, 0) is 4.79 Å². The molecule has 0 radical (unpaired) electrons. The summed E-state index contributed by atoms with van der Waals surface area (Å²) in [5, 5.41) is 2.98. The molecule has 1 unspecified atom stereocenters. The van der Waals surface area contributed by atoms with Gasteiger partial charge in [-0.3, -0.25) is 4.79 Å².